The van der Waals surface area contributed by atoms with Gasteiger partial charge in [-0.05, 0) is 43.3 Å². The maximum Gasteiger partial charge on any atom is 0.217 e. The first-order valence-corrected chi connectivity index (χ1v) is 10.1. The molecule has 3 heterocycles. The van der Waals surface area contributed by atoms with Crippen LogP contribution < -0.4 is 5.73 Å². The van der Waals surface area contributed by atoms with Crippen molar-refractivity contribution in [2.24, 2.45) is 11.1 Å². The lowest BCUT2D eigenvalue weighted by Gasteiger charge is -2.33. The van der Waals surface area contributed by atoms with Crippen molar-refractivity contribution in [1.82, 2.24) is 19.9 Å². The van der Waals surface area contributed by atoms with Gasteiger partial charge in [0.15, 0.2) is 5.82 Å². The highest BCUT2D eigenvalue weighted by atomic mass is 19.1. The minimum Gasteiger partial charge on any atom is -0.345 e. The summed E-state index contributed by atoms with van der Waals surface area (Å²) in [6.45, 7) is 5.89. The zero-order valence-corrected chi connectivity index (χ0v) is 17.2. The monoisotopic (exact) mass is 411 g/mol. The Morgan fingerprint density at radius 3 is 2.57 bits per heavy atom. The Bertz CT molecular complexity index is 993. The quantitative estimate of drug-likeness (QED) is 0.643. The molecule has 0 bridgehead atoms. The van der Waals surface area contributed by atoms with Crippen LogP contribution in [0.15, 0.2) is 36.5 Å². The molecule has 4 rings (SSSR count). The second-order valence-corrected chi connectivity index (χ2v) is 8.22. The molecule has 0 aliphatic carbocycles. The van der Waals surface area contributed by atoms with E-state index in [0.717, 1.165) is 12.0 Å². The molecule has 0 atom stereocenters. The van der Waals surface area contributed by atoms with Crippen LogP contribution in [0.5, 0.6) is 0 Å². The van der Waals surface area contributed by atoms with Crippen LogP contribution in [0.1, 0.15) is 38.2 Å². The van der Waals surface area contributed by atoms with Crippen molar-refractivity contribution in [2.45, 2.75) is 33.0 Å². The molecule has 1 saturated heterocycles. The number of aromatic amines is 1. The highest BCUT2D eigenvalue weighted by Crippen LogP contribution is 2.35. The second kappa shape index (κ2) is 8.59. The van der Waals surface area contributed by atoms with Crippen LogP contribution in [0.2, 0.25) is 0 Å². The highest BCUT2D eigenvalue weighted by molar-refractivity contribution is 5.76. The zero-order chi connectivity index (χ0) is 21.1. The van der Waals surface area contributed by atoms with Gasteiger partial charge in [-0.2, -0.15) is 0 Å². The van der Waals surface area contributed by atoms with E-state index in [9.17, 15) is 4.39 Å². The smallest absolute Gasteiger partial charge is 0.217 e. The molecule has 158 valence electrons. The molecule has 1 aliphatic rings. The summed E-state index contributed by atoms with van der Waals surface area (Å²) in [6.07, 6.45) is 2.63. The van der Waals surface area contributed by atoms with Gasteiger partial charge in [-0.25, -0.2) is 19.3 Å². The molecule has 1 fully saturated rings. The van der Waals surface area contributed by atoms with Gasteiger partial charge in [0, 0.05) is 23.6 Å². The number of nitrogens with one attached hydrogen (secondary N) is 1. The van der Waals surface area contributed by atoms with Gasteiger partial charge in [0.25, 0.3) is 0 Å². The number of aromatic nitrogens is 4. The van der Waals surface area contributed by atoms with E-state index < -0.39 is 6.29 Å². The van der Waals surface area contributed by atoms with Crippen LogP contribution in [0, 0.1) is 11.2 Å². The van der Waals surface area contributed by atoms with Crippen LogP contribution in [0.3, 0.4) is 0 Å². The molecule has 0 radical (unpaired) electrons. The summed E-state index contributed by atoms with van der Waals surface area (Å²) in [5.41, 5.74) is 8.41. The van der Waals surface area contributed by atoms with E-state index in [2.05, 4.69) is 28.8 Å². The summed E-state index contributed by atoms with van der Waals surface area (Å²) in [5, 5.41) is 0. The van der Waals surface area contributed by atoms with E-state index in [4.69, 9.17) is 20.2 Å². The number of imidazole rings is 1. The Kier molecular flexibility index (Phi) is 5.90. The molecule has 30 heavy (non-hydrogen) atoms. The van der Waals surface area contributed by atoms with Crippen molar-refractivity contribution < 1.29 is 13.9 Å². The number of hydrogen-bond donors (Lipinski definition) is 2. The molecule has 1 aliphatic heterocycles. The van der Waals surface area contributed by atoms with Crippen LogP contribution >= 0.6 is 0 Å². The van der Waals surface area contributed by atoms with Crippen molar-refractivity contribution in [3.63, 3.8) is 0 Å². The fourth-order valence-electron chi connectivity index (χ4n) is 3.27. The predicted octanol–water partition coefficient (Wildman–Crippen LogP) is 3.64. The van der Waals surface area contributed by atoms with Gasteiger partial charge in [0.2, 0.25) is 6.29 Å². The highest BCUT2D eigenvalue weighted by Gasteiger charge is 2.32. The molecule has 0 spiro atoms. The van der Waals surface area contributed by atoms with Gasteiger partial charge in [0.05, 0.1) is 30.3 Å². The van der Waals surface area contributed by atoms with E-state index in [-0.39, 0.29) is 11.2 Å². The third-order valence-corrected chi connectivity index (χ3v) is 4.88. The average Bonchev–Trinajstić information content (AvgIpc) is 3.18. The molecule has 7 nitrogen and oxygen atoms in total. The van der Waals surface area contributed by atoms with Crippen LogP contribution in [0.25, 0.3) is 22.6 Å². The lowest BCUT2D eigenvalue weighted by Crippen LogP contribution is -2.34. The molecule has 0 unspecified atom stereocenters. The fraction of sp³-hybridized carbons (Fsp3) is 0.409. The maximum atomic E-state index is 13.5. The Labute approximate surface area is 174 Å². The number of H-pyrrole nitrogens is 1. The number of rotatable bonds is 6. The zero-order valence-electron chi connectivity index (χ0n) is 17.2. The predicted molar refractivity (Wildman–Crippen MR) is 111 cm³/mol. The van der Waals surface area contributed by atoms with Crippen LogP contribution in [0.4, 0.5) is 4.39 Å². The number of halogens is 1. The number of hydrogen-bond acceptors (Lipinski definition) is 6. The molecule has 3 N–H and O–H groups in total. The van der Waals surface area contributed by atoms with Crippen molar-refractivity contribution in [1.29, 1.82) is 0 Å². The summed E-state index contributed by atoms with van der Waals surface area (Å²) in [5.74, 6) is 0.969. The topological polar surface area (TPSA) is 98.9 Å². The first kappa shape index (κ1) is 20.6. The van der Waals surface area contributed by atoms with E-state index in [1.54, 1.807) is 18.3 Å². The van der Waals surface area contributed by atoms with Gasteiger partial charge in [-0.15, -0.1) is 0 Å². The lowest BCUT2D eigenvalue weighted by molar-refractivity contribution is -0.229. The van der Waals surface area contributed by atoms with Gasteiger partial charge >= 0.3 is 0 Å². The second-order valence-electron chi connectivity index (χ2n) is 8.22. The Hall–Kier alpha value is -2.68. The summed E-state index contributed by atoms with van der Waals surface area (Å²) in [6, 6.07) is 8.04. The number of benzene rings is 1. The van der Waals surface area contributed by atoms with E-state index in [1.165, 1.54) is 12.1 Å². The molecular formula is C22H26FN5O2. The molecule has 0 saturated carbocycles. The third-order valence-electron chi connectivity index (χ3n) is 4.88. The molecule has 8 heteroatoms. The Morgan fingerprint density at radius 2 is 1.87 bits per heavy atom. The summed E-state index contributed by atoms with van der Waals surface area (Å²) in [7, 11) is 0. The normalized spacial score (nSPS) is 16.7. The standard InChI is InChI=1S/C22H26FN5O2/c1-22(2)12-29-21(30-13-22)20-27-18(14-5-7-15(23)8-6-14)19(28-20)16-9-11-25-17(26-16)4-3-10-24/h5-9,11,21H,3-4,10,12-13,24H2,1-2H3,(H,27,28). The van der Waals surface area contributed by atoms with E-state index >= 15 is 0 Å². The first-order valence-electron chi connectivity index (χ1n) is 10.1. The number of nitrogens with two attached hydrogens (primary N) is 1. The van der Waals surface area contributed by atoms with E-state index in [0.29, 0.717) is 54.9 Å². The van der Waals surface area contributed by atoms with Crippen molar-refractivity contribution in [3.8, 4) is 22.6 Å². The molecule has 3 aromatic rings. The van der Waals surface area contributed by atoms with Gasteiger partial charge in [0.1, 0.15) is 11.6 Å². The largest absolute Gasteiger partial charge is 0.345 e. The number of ether oxygens (including phenoxy) is 2. The summed E-state index contributed by atoms with van der Waals surface area (Å²) >= 11 is 0. The van der Waals surface area contributed by atoms with Crippen LogP contribution in [-0.2, 0) is 15.9 Å². The van der Waals surface area contributed by atoms with Crippen molar-refractivity contribution in [2.75, 3.05) is 19.8 Å². The first-order chi connectivity index (χ1) is 14.4. The molecule has 0 amide bonds. The molecular weight excluding hydrogens is 385 g/mol. The Balaban J connectivity index is 1.73. The van der Waals surface area contributed by atoms with Crippen molar-refractivity contribution in [3.05, 3.63) is 54.0 Å². The fourth-order valence-corrected chi connectivity index (χ4v) is 3.27. The van der Waals surface area contributed by atoms with Crippen LogP contribution in [-0.4, -0.2) is 39.7 Å². The van der Waals surface area contributed by atoms with Crippen molar-refractivity contribution >= 4 is 0 Å². The summed E-state index contributed by atoms with van der Waals surface area (Å²) in [4.78, 5) is 17.1. The van der Waals surface area contributed by atoms with E-state index in [1.807, 2.05) is 6.07 Å². The minimum absolute atomic E-state index is 0.0454. The number of aryl methyl sites for hydroxylation is 1. The molecule has 2 aromatic heterocycles. The van der Waals surface area contributed by atoms with Gasteiger partial charge < -0.3 is 20.2 Å². The third kappa shape index (κ3) is 4.56. The lowest BCUT2D eigenvalue weighted by atomic mass is 9.96. The minimum atomic E-state index is -0.593. The SMILES string of the molecule is CC1(C)COC(c2nc(-c3ccc(F)cc3)c(-c3ccnc(CCCN)n3)[nH]2)OC1. The summed E-state index contributed by atoms with van der Waals surface area (Å²) < 4.78 is 25.3. The number of nitrogens with zero attached hydrogens (tertiary/aromatic N) is 3. The average molecular weight is 411 g/mol. The van der Waals surface area contributed by atoms with Gasteiger partial charge in [-0.1, -0.05) is 13.8 Å². The maximum absolute atomic E-state index is 13.5. The Morgan fingerprint density at radius 1 is 1.13 bits per heavy atom. The van der Waals surface area contributed by atoms with Gasteiger partial charge in [-0.3, -0.25) is 0 Å². The molecule has 1 aromatic carbocycles.